The fourth-order valence-electron chi connectivity index (χ4n) is 5.51. The van der Waals surface area contributed by atoms with E-state index >= 15 is 0 Å². The average Bonchev–Trinajstić information content (AvgIpc) is 2.67. The Labute approximate surface area is 164 Å². The Bertz CT molecular complexity index is 641. The Morgan fingerprint density at radius 3 is 2.70 bits per heavy atom. The highest BCUT2D eigenvalue weighted by atomic mass is 16.5. The van der Waals surface area contributed by atoms with Crippen molar-refractivity contribution in [2.75, 3.05) is 13.1 Å². The lowest BCUT2D eigenvalue weighted by molar-refractivity contribution is -0.112. The second kappa shape index (κ2) is 8.74. The van der Waals surface area contributed by atoms with Gasteiger partial charge >= 0.3 is 0 Å². The first kappa shape index (κ1) is 20.3. The molecule has 1 amide bonds. The largest absolute Gasteiger partial charge is 0.299 e. The number of unbranched alkanes of at least 4 members (excludes halogenated alkanes) is 2. The highest BCUT2D eigenvalue weighted by Crippen LogP contribution is 2.61. The smallest absolute Gasteiger partial charge is 0.274 e. The highest BCUT2D eigenvalue weighted by molar-refractivity contribution is 5.94. The Balaban J connectivity index is 1.71. The van der Waals surface area contributed by atoms with Gasteiger partial charge in [-0.1, -0.05) is 51.8 Å². The predicted molar refractivity (Wildman–Crippen MR) is 109 cm³/mol. The number of fused-ring (bicyclic) bond motifs is 2. The molecule has 150 valence electrons. The molecule has 3 fully saturated rings. The summed E-state index contributed by atoms with van der Waals surface area (Å²) in [5, 5.41) is 9.07. The van der Waals surface area contributed by atoms with Gasteiger partial charge in [-0.2, -0.15) is 0 Å². The van der Waals surface area contributed by atoms with Crippen molar-refractivity contribution in [2.24, 2.45) is 23.2 Å². The summed E-state index contributed by atoms with van der Waals surface area (Å²) in [6, 6.07) is 7.65. The quantitative estimate of drug-likeness (QED) is 0.369. The summed E-state index contributed by atoms with van der Waals surface area (Å²) in [4.78, 5) is 14.6. The van der Waals surface area contributed by atoms with Crippen molar-refractivity contribution in [2.45, 2.75) is 65.8 Å². The fraction of sp³-hybridized carbons (Fsp3) is 0.696. The molecule has 0 aromatic heterocycles. The normalized spacial score (nSPS) is 25.9. The second-order valence-corrected chi connectivity index (χ2v) is 9.24. The summed E-state index contributed by atoms with van der Waals surface area (Å²) in [5.74, 6) is 2.13. The molecule has 3 atom stereocenters. The van der Waals surface area contributed by atoms with E-state index in [2.05, 4.69) is 25.7 Å². The topological polar surface area (TPSA) is 52.6 Å². The molecule has 3 aliphatic carbocycles. The van der Waals surface area contributed by atoms with Gasteiger partial charge in [0.25, 0.3) is 5.91 Å². The van der Waals surface area contributed by atoms with Crippen LogP contribution in [0.1, 0.15) is 75.2 Å². The first-order chi connectivity index (χ1) is 13.0. The van der Waals surface area contributed by atoms with Gasteiger partial charge in [-0.25, -0.2) is 5.48 Å². The summed E-state index contributed by atoms with van der Waals surface area (Å²) in [5.41, 5.74) is 3.88. The third kappa shape index (κ3) is 4.38. The maximum Gasteiger partial charge on any atom is 0.274 e. The van der Waals surface area contributed by atoms with Crippen molar-refractivity contribution in [3.8, 4) is 0 Å². The molecule has 0 aliphatic heterocycles. The molecule has 1 aromatic rings. The number of nitrogens with one attached hydrogen (secondary N) is 1. The van der Waals surface area contributed by atoms with Crippen LogP contribution in [0.15, 0.2) is 24.3 Å². The molecule has 4 heteroatoms. The molecule has 0 spiro atoms. The van der Waals surface area contributed by atoms with Crippen molar-refractivity contribution in [1.29, 1.82) is 0 Å². The van der Waals surface area contributed by atoms with Crippen LogP contribution in [0.4, 0.5) is 0 Å². The number of hydroxylamine groups is 1. The average molecular weight is 373 g/mol. The zero-order valence-corrected chi connectivity index (χ0v) is 17.2. The molecule has 2 N–H and O–H groups in total. The summed E-state index contributed by atoms with van der Waals surface area (Å²) in [6.07, 6.45) is 7.80. The van der Waals surface area contributed by atoms with E-state index in [0.717, 1.165) is 43.0 Å². The molecule has 0 radical (unpaired) electrons. The van der Waals surface area contributed by atoms with E-state index in [1.54, 1.807) is 11.5 Å². The molecule has 2 bridgehead atoms. The number of benzene rings is 1. The maximum atomic E-state index is 12.0. The Hall–Kier alpha value is -1.39. The van der Waals surface area contributed by atoms with Gasteiger partial charge < -0.3 is 0 Å². The lowest BCUT2D eigenvalue weighted by Gasteiger charge is -2.60. The molecule has 3 aliphatic rings. The monoisotopic (exact) mass is 372 g/mol. The van der Waals surface area contributed by atoms with E-state index in [1.807, 2.05) is 18.2 Å². The van der Waals surface area contributed by atoms with Gasteiger partial charge in [-0.05, 0) is 67.0 Å². The van der Waals surface area contributed by atoms with Gasteiger partial charge in [0.2, 0.25) is 0 Å². The minimum Gasteiger partial charge on any atom is -0.299 e. The van der Waals surface area contributed by atoms with Gasteiger partial charge in [-0.15, -0.1) is 0 Å². The lowest BCUT2D eigenvalue weighted by atomic mass is 9.45. The summed E-state index contributed by atoms with van der Waals surface area (Å²) in [6.45, 7) is 10.1. The molecule has 0 saturated heterocycles. The molecular weight excluding hydrogens is 336 g/mol. The fourth-order valence-corrected chi connectivity index (χ4v) is 5.51. The number of nitrogens with zero attached hydrogens (tertiary/aromatic N) is 1. The molecule has 4 rings (SSSR count). The van der Waals surface area contributed by atoms with Crippen LogP contribution < -0.4 is 5.48 Å². The minimum absolute atomic E-state index is 0.417. The van der Waals surface area contributed by atoms with Crippen molar-refractivity contribution < 1.29 is 10.0 Å². The van der Waals surface area contributed by atoms with E-state index in [9.17, 15) is 4.79 Å². The van der Waals surface area contributed by atoms with Crippen LogP contribution in [0.3, 0.4) is 0 Å². The standard InChI is InChI=1S/C23H36N2O2/c1-4-5-8-13-25(15-17-9-6-7-10-20(17)22(26)24-27)16-18-11-12-19-14-21(18)23(19,2)3/h6-7,9-10,18-19,21,27H,4-5,8,11-16H2,1-3H3,(H,24,26). The van der Waals surface area contributed by atoms with Crippen molar-refractivity contribution in [3.05, 3.63) is 35.4 Å². The van der Waals surface area contributed by atoms with Crippen LogP contribution in [0.2, 0.25) is 0 Å². The first-order valence-corrected chi connectivity index (χ1v) is 10.7. The Kier molecular flexibility index (Phi) is 6.59. The van der Waals surface area contributed by atoms with Crippen LogP contribution in [0.5, 0.6) is 0 Å². The molecular formula is C23H36N2O2. The van der Waals surface area contributed by atoms with Crippen LogP contribution in [-0.2, 0) is 6.54 Å². The first-order valence-electron chi connectivity index (χ1n) is 10.7. The third-order valence-electron chi connectivity index (χ3n) is 7.33. The SMILES string of the molecule is CCCCCN(Cc1ccccc1C(=O)NO)CC1CCC2CC1C2(C)C. The zero-order chi connectivity index (χ0) is 19.4. The third-order valence-corrected chi connectivity index (χ3v) is 7.33. The van der Waals surface area contributed by atoms with Crippen molar-refractivity contribution in [1.82, 2.24) is 10.4 Å². The van der Waals surface area contributed by atoms with E-state index in [1.165, 1.54) is 38.5 Å². The van der Waals surface area contributed by atoms with Gasteiger partial charge in [0.15, 0.2) is 0 Å². The maximum absolute atomic E-state index is 12.0. The number of amides is 1. The van der Waals surface area contributed by atoms with E-state index in [0.29, 0.717) is 11.0 Å². The number of carbonyl (C=O) groups excluding carboxylic acids is 1. The van der Waals surface area contributed by atoms with E-state index in [-0.39, 0.29) is 0 Å². The molecule has 3 unspecified atom stereocenters. The predicted octanol–water partition coefficient (Wildman–Crippen LogP) is 4.87. The van der Waals surface area contributed by atoms with Gasteiger partial charge in [-0.3, -0.25) is 14.9 Å². The van der Waals surface area contributed by atoms with Gasteiger partial charge in [0.1, 0.15) is 0 Å². The van der Waals surface area contributed by atoms with Crippen molar-refractivity contribution >= 4 is 5.91 Å². The molecule has 27 heavy (non-hydrogen) atoms. The van der Waals surface area contributed by atoms with Gasteiger partial charge in [0.05, 0.1) is 0 Å². The Morgan fingerprint density at radius 2 is 2.04 bits per heavy atom. The van der Waals surface area contributed by atoms with Crippen LogP contribution >= 0.6 is 0 Å². The van der Waals surface area contributed by atoms with Gasteiger partial charge in [0, 0.05) is 18.7 Å². The number of carbonyl (C=O) groups is 1. The molecule has 1 aromatic carbocycles. The minimum atomic E-state index is -0.417. The zero-order valence-electron chi connectivity index (χ0n) is 17.2. The summed E-state index contributed by atoms with van der Waals surface area (Å²) < 4.78 is 0. The highest BCUT2D eigenvalue weighted by Gasteiger charge is 2.54. The van der Waals surface area contributed by atoms with E-state index < -0.39 is 5.91 Å². The number of hydrogen-bond acceptors (Lipinski definition) is 3. The molecule has 3 saturated carbocycles. The molecule has 0 heterocycles. The van der Waals surface area contributed by atoms with Crippen molar-refractivity contribution in [3.63, 3.8) is 0 Å². The number of rotatable bonds is 9. The van der Waals surface area contributed by atoms with Crippen LogP contribution in [0, 0.1) is 23.2 Å². The van der Waals surface area contributed by atoms with Crippen LogP contribution in [-0.4, -0.2) is 29.1 Å². The van der Waals surface area contributed by atoms with Crippen LogP contribution in [0.25, 0.3) is 0 Å². The summed E-state index contributed by atoms with van der Waals surface area (Å²) >= 11 is 0. The second-order valence-electron chi connectivity index (χ2n) is 9.24. The summed E-state index contributed by atoms with van der Waals surface area (Å²) in [7, 11) is 0. The Morgan fingerprint density at radius 1 is 1.26 bits per heavy atom. The number of hydrogen-bond donors (Lipinski definition) is 2. The van der Waals surface area contributed by atoms with E-state index in [4.69, 9.17) is 5.21 Å². The molecule has 4 nitrogen and oxygen atoms in total. The lowest BCUT2D eigenvalue weighted by Crippen LogP contribution is -2.54.